The van der Waals surface area contributed by atoms with E-state index in [1.807, 2.05) is 29.8 Å². The number of aromatic amines is 1. The molecule has 5 nitrogen and oxygen atoms in total. The largest absolute Gasteiger partial charge is 0.497 e. The molecule has 0 amide bonds. The van der Waals surface area contributed by atoms with Gasteiger partial charge in [0.15, 0.2) is 5.13 Å². The van der Waals surface area contributed by atoms with Crippen LogP contribution in [0.15, 0.2) is 54.2 Å². The van der Waals surface area contributed by atoms with E-state index in [9.17, 15) is 0 Å². The van der Waals surface area contributed by atoms with Crippen molar-refractivity contribution in [1.82, 2.24) is 9.97 Å². The fourth-order valence-corrected chi connectivity index (χ4v) is 3.87. The number of halogens is 1. The third-order valence-electron chi connectivity index (χ3n) is 4.59. The van der Waals surface area contributed by atoms with Gasteiger partial charge in [-0.2, -0.15) is 0 Å². The monoisotopic (exact) mass is 459 g/mol. The van der Waals surface area contributed by atoms with Crippen LogP contribution in [-0.2, 0) is 6.42 Å². The van der Waals surface area contributed by atoms with Gasteiger partial charge in [-0.3, -0.25) is 0 Å². The first-order valence-corrected chi connectivity index (χ1v) is 9.63. The first-order valence-electron chi connectivity index (χ1n) is 8.75. The lowest BCUT2D eigenvalue weighted by atomic mass is 9.97. The molecule has 0 atom stereocenters. The second kappa shape index (κ2) is 9.12. The summed E-state index contributed by atoms with van der Waals surface area (Å²) in [6.07, 6.45) is 4.79. The summed E-state index contributed by atoms with van der Waals surface area (Å²) in [6, 6.07) is 12.2. The number of fused-ring (bicyclic) bond motifs is 1. The molecule has 0 radical (unpaired) electrons. The second-order valence-corrected chi connectivity index (χ2v) is 7.02. The van der Waals surface area contributed by atoms with Crippen molar-refractivity contribution in [1.29, 1.82) is 0 Å². The molecule has 7 heteroatoms. The number of ether oxygens (including phenoxy) is 2. The minimum absolute atomic E-state index is 0. The van der Waals surface area contributed by atoms with Gasteiger partial charge in [0.2, 0.25) is 0 Å². The van der Waals surface area contributed by atoms with Crippen LogP contribution < -0.4 is 14.8 Å². The summed E-state index contributed by atoms with van der Waals surface area (Å²) >= 11 is 1.61. The first-order chi connectivity index (χ1) is 13.3. The Labute approximate surface area is 178 Å². The van der Waals surface area contributed by atoms with Gasteiger partial charge in [-0.05, 0) is 41.8 Å². The molecule has 0 fully saturated rings. The Hall–Kier alpha value is -2.51. The summed E-state index contributed by atoms with van der Waals surface area (Å²) in [7, 11) is 3.37. The molecule has 0 saturated carbocycles. The van der Waals surface area contributed by atoms with Crippen molar-refractivity contribution < 1.29 is 9.47 Å². The maximum absolute atomic E-state index is 5.61. The molecule has 0 aliphatic carbocycles. The Morgan fingerprint density at radius 1 is 1.11 bits per heavy atom. The lowest BCUT2D eigenvalue weighted by Gasteiger charge is -2.13. The number of nitrogens with zero attached hydrogens (tertiary/aromatic N) is 1. The number of nitrogens with one attached hydrogen (secondary N) is 2. The van der Waals surface area contributed by atoms with E-state index >= 15 is 0 Å². The molecule has 4 aromatic rings. The van der Waals surface area contributed by atoms with Crippen LogP contribution in [0.5, 0.6) is 11.5 Å². The van der Waals surface area contributed by atoms with E-state index < -0.39 is 0 Å². The Balaban J connectivity index is 0.00000225. The molecule has 4 rings (SSSR count). The quantitative estimate of drug-likeness (QED) is 0.380. The summed E-state index contributed by atoms with van der Waals surface area (Å²) in [5, 5.41) is 7.51. The molecule has 2 aromatic carbocycles. The Morgan fingerprint density at radius 3 is 2.75 bits per heavy atom. The molecule has 0 aliphatic heterocycles. The molecule has 2 aromatic heterocycles. The van der Waals surface area contributed by atoms with Crippen molar-refractivity contribution >= 4 is 44.4 Å². The number of H-pyrrole nitrogens is 1. The van der Waals surface area contributed by atoms with E-state index in [4.69, 9.17) is 9.47 Å². The van der Waals surface area contributed by atoms with Crippen molar-refractivity contribution in [2.24, 2.45) is 0 Å². The molecule has 0 spiro atoms. The van der Waals surface area contributed by atoms with E-state index in [1.54, 1.807) is 25.6 Å². The van der Waals surface area contributed by atoms with Gasteiger partial charge < -0.3 is 19.8 Å². The molecule has 2 heterocycles. The Bertz CT molecular complexity index is 1050. The second-order valence-electron chi connectivity index (χ2n) is 6.12. The number of benzene rings is 2. The van der Waals surface area contributed by atoms with Gasteiger partial charge in [0.25, 0.3) is 0 Å². The van der Waals surface area contributed by atoms with Crippen molar-refractivity contribution in [3.8, 4) is 22.6 Å². The zero-order chi connectivity index (χ0) is 18.6. The molecule has 28 heavy (non-hydrogen) atoms. The number of aromatic nitrogens is 2. The van der Waals surface area contributed by atoms with Crippen molar-refractivity contribution in [3.05, 3.63) is 59.7 Å². The van der Waals surface area contributed by atoms with Crippen molar-refractivity contribution in [2.75, 3.05) is 26.1 Å². The Morgan fingerprint density at radius 2 is 2.00 bits per heavy atom. The lowest BCUT2D eigenvalue weighted by molar-refractivity contribution is 0.404. The molecule has 0 bridgehead atoms. The van der Waals surface area contributed by atoms with E-state index in [-0.39, 0.29) is 17.0 Å². The predicted octanol–water partition coefficient (Wildman–Crippen LogP) is 5.54. The number of hydrogen-bond acceptors (Lipinski definition) is 5. The van der Waals surface area contributed by atoms with Crippen LogP contribution in [0, 0.1) is 0 Å². The van der Waals surface area contributed by atoms with Crippen LogP contribution in [-0.4, -0.2) is 30.7 Å². The summed E-state index contributed by atoms with van der Waals surface area (Å²) in [5.41, 5.74) is 4.53. The zero-order valence-corrected chi connectivity index (χ0v) is 18.2. The Kier molecular flexibility index (Phi) is 6.59. The van der Waals surface area contributed by atoms with Crippen LogP contribution in [0.2, 0.25) is 0 Å². The highest BCUT2D eigenvalue weighted by molar-refractivity contribution is 8.93. The molecule has 2 N–H and O–H groups in total. The number of thiazole rings is 1. The van der Waals surface area contributed by atoms with Gasteiger partial charge in [0, 0.05) is 40.8 Å². The maximum Gasteiger partial charge on any atom is 0.182 e. The normalized spacial score (nSPS) is 10.5. The molecule has 0 saturated heterocycles. The van der Waals surface area contributed by atoms with Crippen molar-refractivity contribution in [2.45, 2.75) is 6.42 Å². The number of anilines is 1. The maximum atomic E-state index is 5.61. The molecule has 0 unspecified atom stereocenters. The van der Waals surface area contributed by atoms with E-state index in [2.05, 4.69) is 39.7 Å². The standard InChI is InChI=1S/C21H21N3O2S.BrH/c1-25-15-6-7-19(26-2)17(12-15)16-4-3-5-18-20(16)14(13-24-18)8-9-22-21-23-10-11-27-21;/h3-7,10-13,24H,8-9H2,1-2H3,(H,22,23);1H. The third-order valence-corrected chi connectivity index (χ3v) is 5.32. The lowest BCUT2D eigenvalue weighted by Crippen LogP contribution is -2.04. The van der Waals surface area contributed by atoms with E-state index in [0.29, 0.717) is 0 Å². The fraction of sp³-hybridized carbons (Fsp3) is 0.190. The fourth-order valence-electron chi connectivity index (χ4n) is 3.32. The SMILES string of the molecule is Br.COc1ccc(OC)c(-c2cccc3[nH]cc(CCNc4nccs4)c23)c1. The highest BCUT2D eigenvalue weighted by atomic mass is 79.9. The topological polar surface area (TPSA) is 59.2 Å². The molecular weight excluding hydrogens is 438 g/mol. The van der Waals surface area contributed by atoms with Gasteiger partial charge in [0.05, 0.1) is 14.2 Å². The number of methoxy groups -OCH3 is 2. The summed E-state index contributed by atoms with van der Waals surface area (Å²) in [6.45, 7) is 0.823. The molecule has 146 valence electrons. The van der Waals surface area contributed by atoms with Gasteiger partial charge in [-0.15, -0.1) is 28.3 Å². The zero-order valence-electron chi connectivity index (χ0n) is 15.7. The van der Waals surface area contributed by atoms with Gasteiger partial charge in [-0.1, -0.05) is 12.1 Å². The summed E-state index contributed by atoms with van der Waals surface area (Å²) in [5.74, 6) is 1.64. The predicted molar refractivity (Wildman–Crippen MR) is 121 cm³/mol. The van der Waals surface area contributed by atoms with Crippen LogP contribution in [0.4, 0.5) is 5.13 Å². The third kappa shape index (κ3) is 4.00. The van der Waals surface area contributed by atoms with E-state index in [0.717, 1.165) is 46.2 Å². The summed E-state index contributed by atoms with van der Waals surface area (Å²) in [4.78, 5) is 7.67. The van der Waals surface area contributed by atoms with Gasteiger partial charge in [0.1, 0.15) is 11.5 Å². The molecule has 0 aliphatic rings. The minimum Gasteiger partial charge on any atom is -0.497 e. The number of hydrogen-bond donors (Lipinski definition) is 2. The average molecular weight is 460 g/mol. The van der Waals surface area contributed by atoms with Crippen LogP contribution in [0.1, 0.15) is 5.56 Å². The van der Waals surface area contributed by atoms with Gasteiger partial charge in [-0.25, -0.2) is 4.98 Å². The number of rotatable bonds is 7. The van der Waals surface area contributed by atoms with Gasteiger partial charge >= 0.3 is 0 Å². The smallest absolute Gasteiger partial charge is 0.182 e. The van der Waals surface area contributed by atoms with Crippen LogP contribution in [0.3, 0.4) is 0 Å². The van der Waals surface area contributed by atoms with E-state index in [1.165, 1.54) is 10.9 Å². The average Bonchev–Trinajstić information content (AvgIpc) is 3.37. The first kappa shape index (κ1) is 20.2. The van der Waals surface area contributed by atoms with Crippen molar-refractivity contribution in [3.63, 3.8) is 0 Å². The molecular formula is C21H22BrN3O2S. The van der Waals surface area contributed by atoms with Crippen LogP contribution >= 0.6 is 28.3 Å². The minimum atomic E-state index is 0. The van der Waals surface area contributed by atoms with Crippen LogP contribution in [0.25, 0.3) is 22.0 Å². The summed E-state index contributed by atoms with van der Waals surface area (Å²) < 4.78 is 11.0. The highest BCUT2D eigenvalue weighted by Gasteiger charge is 2.14. The highest BCUT2D eigenvalue weighted by Crippen LogP contribution is 2.38.